The number of carboxylic acids is 1. The molecule has 9 N–H and O–H groups in total. The van der Waals surface area contributed by atoms with Crippen molar-refractivity contribution in [1.29, 1.82) is 0 Å². The number of amides is 11. The van der Waals surface area contributed by atoms with Crippen LogP contribution in [-0.2, 0) is 68.9 Å². The Hall–Kier alpha value is -14.4. The standard InChI is InChI=1S/2C32H38ClF2N7O6.C28H31ClF2N6O5.C4H9NO2.CH2O2/c2*1-39(2)19-26(43)36-10-16-48-15-9-27(44)41-11-13-42(14-12-41)32(46)21-6-5-20(17-23(21)33)38-31(45)30-37-18-24(40(30)3)22-7-8-25(47-4)29(35)28(22)34;1-35-21(19-5-6-22(41-2)25(31)24(19)30)16-33-26(35)27(39)34-17-3-4-18(20(29)15-17)28(40)37-11-9-36(10-12-37)23(38)7-13-42-14-8-32;1-5(2)3-4(6)7;2-1-3/h2*5-8,17-18H,9-16,19H2,1-4H3,(H,36,43)(H,38,45);3-6,15-16H,7-14,32H2,1-2H3,(H,34,39);3H2,1-2H3,(H,6,7);1H,(H,2,3). The number of likely N-dealkylation sites (N-methyl/N-ethyl adjacent to an activating group) is 3. The van der Waals surface area contributed by atoms with Gasteiger partial charge in [-0.05, 0) is 133 Å². The average molecular weight is 2130 g/mol. The first-order valence-corrected chi connectivity index (χ1v) is 47.0. The summed E-state index contributed by atoms with van der Waals surface area (Å²) in [6.07, 6.45) is 4.41. The number of imidazole rings is 3. The fourth-order valence-electron chi connectivity index (χ4n) is 14.9. The molecule has 3 saturated heterocycles. The summed E-state index contributed by atoms with van der Waals surface area (Å²) in [6.45, 7) is 7.50. The maximum atomic E-state index is 14.7. The molecular weight excluding hydrogens is 2020 g/mol. The van der Waals surface area contributed by atoms with Gasteiger partial charge in [-0.25, -0.2) is 28.1 Å². The number of aliphatic carboxylic acids is 1. The van der Waals surface area contributed by atoms with Crippen LogP contribution in [0, 0.1) is 34.9 Å². The predicted octanol–water partition coefficient (Wildman–Crippen LogP) is 7.56. The Morgan fingerprint density at radius 1 is 0.392 bits per heavy atom. The third-order valence-corrected chi connectivity index (χ3v) is 23.4. The van der Waals surface area contributed by atoms with Gasteiger partial charge in [0.25, 0.3) is 41.9 Å². The monoisotopic (exact) mass is 2130 g/mol. The van der Waals surface area contributed by atoms with E-state index in [2.05, 4.69) is 41.5 Å². The number of nitrogens with zero attached hydrogens (tertiary/aromatic N) is 15. The Balaban J connectivity index is 0.000000258. The van der Waals surface area contributed by atoms with Gasteiger partial charge in [0.05, 0.1) is 167 Å². The van der Waals surface area contributed by atoms with Crippen LogP contribution in [0.4, 0.5) is 43.4 Å². The molecule has 3 fully saturated rings. The lowest BCUT2D eigenvalue weighted by atomic mass is 10.1. The van der Waals surface area contributed by atoms with E-state index in [-0.39, 0.29) is 193 Å². The molecule has 9 aromatic rings. The van der Waals surface area contributed by atoms with Gasteiger partial charge in [0, 0.05) is 153 Å². The van der Waals surface area contributed by atoms with Gasteiger partial charge < -0.3 is 124 Å². The van der Waals surface area contributed by atoms with Crippen molar-refractivity contribution in [3.63, 3.8) is 0 Å². The van der Waals surface area contributed by atoms with Crippen molar-refractivity contribution in [2.75, 3.05) is 237 Å². The molecule has 0 unspecified atom stereocenters. The molecule has 12 rings (SSSR count). The van der Waals surface area contributed by atoms with Crippen LogP contribution in [0.5, 0.6) is 17.2 Å². The highest BCUT2D eigenvalue weighted by Crippen LogP contribution is 2.36. The first-order chi connectivity index (χ1) is 70.5. The van der Waals surface area contributed by atoms with Crippen molar-refractivity contribution in [1.82, 2.24) is 83.4 Å². The molecule has 0 bridgehead atoms. The SMILES string of the molecule is CN(C)CC(=O)O.COc1ccc(-c2cnc(C(=O)Nc3ccc(C(=O)N4CCN(C(=O)CCOCCN)CC4)c(Cl)c3)n2C)c(F)c1F.COc1ccc(-c2cnc(C(=O)Nc3ccc(C(=O)N4CCN(C(=O)CCOCCNC(=O)CN(C)C)CC4)c(Cl)c3)n2C)c(F)c1F.COc1ccc(-c2cnc(C(=O)Nc3ccc(C(=O)N4CCN(C(=O)CCOCCNC(=O)CN(C)C)CC4)c(Cl)c3)n2C)c(F)c1F.O=CO. The summed E-state index contributed by atoms with van der Waals surface area (Å²) in [5, 5.41) is 28.7. The Labute approximate surface area is 863 Å². The second-order valence-electron chi connectivity index (χ2n) is 33.7. The molecule has 0 radical (unpaired) electrons. The maximum Gasteiger partial charge on any atom is 0.317 e. The fourth-order valence-corrected chi connectivity index (χ4v) is 15.7. The molecule has 0 saturated carbocycles. The smallest absolute Gasteiger partial charge is 0.317 e. The molecule has 3 aromatic heterocycles. The van der Waals surface area contributed by atoms with Crippen LogP contribution in [0.25, 0.3) is 33.8 Å². The van der Waals surface area contributed by atoms with Crippen molar-refractivity contribution < 1.29 is 127 Å². The van der Waals surface area contributed by atoms with E-state index in [1.807, 2.05) is 0 Å². The number of halogens is 9. The third kappa shape index (κ3) is 33.6. The summed E-state index contributed by atoms with van der Waals surface area (Å²) < 4.78 is 121. The molecule has 0 spiro atoms. The number of ether oxygens (including phenoxy) is 6. The lowest BCUT2D eigenvalue weighted by Gasteiger charge is -2.35. The van der Waals surface area contributed by atoms with Crippen molar-refractivity contribution >= 4 is 129 Å². The Morgan fingerprint density at radius 3 is 0.878 bits per heavy atom. The Bertz CT molecular complexity index is 5930. The van der Waals surface area contributed by atoms with E-state index in [1.165, 1.54) is 166 Å². The van der Waals surface area contributed by atoms with Gasteiger partial charge in [0.15, 0.2) is 52.2 Å². The van der Waals surface area contributed by atoms with Crippen LogP contribution < -0.4 is 46.5 Å². The topological polar surface area (TPSA) is 487 Å². The van der Waals surface area contributed by atoms with Gasteiger partial charge in [-0.3, -0.25) is 67.2 Å². The van der Waals surface area contributed by atoms with E-state index >= 15 is 0 Å². The highest BCUT2D eigenvalue weighted by molar-refractivity contribution is 6.35. The number of aromatic nitrogens is 6. The number of hydrogen-bond acceptors (Lipinski definition) is 26. The van der Waals surface area contributed by atoms with Gasteiger partial charge >= 0.3 is 5.97 Å². The fraction of sp³-hybridized carbons (Fsp3) is 0.402. The van der Waals surface area contributed by atoms with E-state index in [9.17, 15) is 83.9 Å². The largest absolute Gasteiger partial charge is 0.494 e. The third-order valence-electron chi connectivity index (χ3n) is 22.5. The van der Waals surface area contributed by atoms with E-state index in [0.29, 0.717) is 155 Å². The Kier molecular flexibility index (Phi) is 46.8. The number of anilines is 3. The van der Waals surface area contributed by atoms with Crippen LogP contribution in [0.15, 0.2) is 110 Å². The number of nitrogens with one attached hydrogen (secondary N) is 5. The van der Waals surface area contributed by atoms with Crippen molar-refractivity contribution in [3.05, 3.63) is 194 Å². The molecule has 11 amide bonds. The zero-order chi connectivity index (χ0) is 109. The lowest BCUT2D eigenvalue weighted by molar-refractivity contribution is -0.138. The minimum atomic E-state index is -1.15. The quantitative estimate of drug-likeness (QED) is 0.0105. The van der Waals surface area contributed by atoms with Crippen molar-refractivity contribution in [3.8, 4) is 51.0 Å². The first kappa shape index (κ1) is 119. The summed E-state index contributed by atoms with van der Waals surface area (Å²) in [6, 6.07) is 21.2. The van der Waals surface area contributed by atoms with E-state index < -0.39 is 58.6 Å². The zero-order valence-electron chi connectivity index (χ0n) is 83.4. The summed E-state index contributed by atoms with van der Waals surface area (Å²) >= 11 is 19.3. The zero-order valence-corrected chi connectivity index (χ0v) is 85.7. The summed E-state index contributed by atoms with van der Waals surface area (Å²) in [4.78, 5) is 185. The number of piperazine rings is 3. The molecule has 42 nitrogen and oxygen atoms in total. The molecule has 3 aliphatic rings. The Morgan fingerprint density at radius 2 is 0.649 bits per heavy atom. The van der Waals surface area contributed by atoms with Crippen molar-refractivity contribution in [2.24, 2.45) is 26.9 Å². The van der Waals surface area contributed by atoms with Crippen LogP contribution in [-0.4, -0.2) is 381 Å². The molecule has 6 aromatic carbocycles. The molecule has 148 heavy (non-hydrogen) atoms. The minimum absolute atomic E-state index is 0.0432. The van der Waals surface area contributed by atoms with Gasteiger partial charge in [-0.2, -0.15) is 13.2 Å². The molecule has 0 atom stereocenters. The number of methoxy groups -OCH3 is 3. The van der Waals surface area contributed by atoms with Crippen LogP contribution in [0.1, 0.15) is 82.2 Å². The predicted molar refractivity (Wildman–Crippen MR) is 534 cm³/mol. The minimum Gasteiger partial charge on any atom is -0.494 e. The summed E-state index contributed by atoms with van der Waals surface area (Å²) in [7, 11) is 18.8. The van der Waals surface area contributed by atoms with Gasteiger partial charge in [-0.1, -0.05) is 34.8 Å². The number of nitrogens with two attached hydrogens (primary N) is 1. The molecule has 51 heteroatoms. The first-order valence-electron chi connectivity index (χ1n) is 45.9. The second kappa shape index (κ2) is 58.2. The van der Waals surface area contributed by atoms with E-state index in [4.69, 9.17) is 84.0 Å². The van der Waals surface area contributed by atoms with E-state index in [1.54, 1.807) is 86.4 Å². The normalized spacial score (nSPS) is 12.8. The van der Waals surface area contributed by atoms with E-state index in [0.717, 1.165) is 0 Å². The molecule has 6 heterocycles. The summed E-state index contributed by atoms with van der Waals surface area (Å²) in [5.74, 6) is -11.8. The average Bonchev–Trinajstić information content (AvgIpc) is 1.64. The lowest BCUT2D eigenvalue weighted by Crippen LogP contribution is -2.50. The van der Waals surface area contributed by atoms with Crippen molar-refractivity contribution in [2.45, 2.75) is 19.3 Å². The van der Waals surface area contributed by atoms with Gasteiger partial charge in [0.2, 0.25) is 47.0 Å². The molecule has 800 valence electrons. The number of carboxylic acid groups (broad SMARTS) is 2. The maximum absolute atomic E-state index is 14.7. The number of carbonyl (C=O) groups is 13. The second-order valence-corrected chi connectivity index (χ2v) is 34.9. The van der Waals surface area contributed by atoms with Gasteiger partial charge in [0.1, 0.15) is 0 Å². The molecular formula is C97H118Cl3F6N21O21. The van der Waals surface area contributed by atoms with Crippen LogP contribution in [0.3, 0.4) is 0 Å². The highest BCUT2D eigenvalue weighted by atomic mass is 35.5. The number of hydrogen-bond donors (Lipinski definition) is 8. The number of rotatable bonds is 38. The molecule has 0 aliphatic carbocycles. The number of benzene rings is 6. The highest BCUT2D eigenvalue weighted by Gasteiger charge is 2.33. The summed E-state index contributed by atoms with van der Waals surface area (Å²) in [5.41, 5.74) is 7.23. The van der Waals surface area contributed by atoms with Crippen LogP contribution >= 0.6 is 34.8 Å². The number of carbonyl (C=O) groups excluding carboxylic acids is 11. The molecule has 3 aliphatic heterocycles. The van der Waals surface area contributed by atoms with Crippen LogP contribution in [0.2, 0.25) is 15.1 Å². The van der Waals surface area contributed by atoms with Gasteiger partial charge in [-0.15, -0.1) is 0 Å².